The second kappa shape index (κ2) is 11.2. The predicted octanol–water partition coefficient (Wildman–Crippen LogP) is 9.07. The summed E-state index contributed by atoms with van der Waals surface area (Å²) in [5.41, 5.74) is 1.54. The molecule has 4 unspecified atom stereocenters. The Balaban J connectivity index is 1.23. The summed E-state index contributed by atoms with van der Waals surface area (Å²) in [7, 11) is 1.50. The third-order valence-electron chi connectivity index (χ3n) is 15.3. The van der Waals surface area contributed by atoms with Crippen molar-refractivity contribution in [2.75, 3.05) is 7.11 Å². The monoisotopic (exact) mass is 632 g/mol. The molecule has 5 aliphatic rings. The number of carboxylic acid groups (broad SMARTS) is 1. The highest BCUT2D eigenvalue weighted by Gasteiger charge is 2.72. The van der Waals surface area contributed by atoms with Crippen LogP contribution in [0.5, 0.6) is 11.5 Å². The number of allylic oxidation sites excluding steroid dienone is 1. The van der Waals surface area contributed by atoms with E-state index in [1.807, 2.05) is 0 Å². The molecule has 2 N–H and O–H groups in total. The zero-order valence-electron chi connectivity index (χ0n) is 29.2. The number of phenolic OH excluding ortho intramolecular Hbond substituents is 1. The molecular weight excluding hydrogens is 576 g/mol. The van der Waals surface area contributed by atoms with Crippen LogP contribution in [0.4, 0.5) is 0 Å². The van der Waals surface area contributed by atoms with Gasteiger partial charge in [-0.25, -0.2) is 4.79 Å². The largest absolute Gasteiger partial charge is 0.504 e. The molecule has 0 saturated heterocycles. The third kappa shape index (κ3) is 4.62. The summed E-state index contributed by atoms with van der Waals surface area (Å²) < 4.78 is 11.4. The molecule has 252 valence electrons. The van der Waals surface area contributed by atoms with Crippen molar-refractivity contribution in [1.82, 2.24) is 0 Å². The molecule has 0 amide bonds. The van der Waals surface area contributed by atoms with Crippen molar-refractivity contribution in [3.8, 4) is 11.5 Å². The van der Waals surface area contributed by atoms with Crippen LogP contribution in [0.15, 0.2) is 36.4 Å². The van der Waals surface area contributed by atoms with E-state index in [0.29, 0.717) is 29.4 Å². The third-order valence-corrected chi connectivity index (χ3v) is 15.3. The molecule has 0 spiro atoms. The number of phenols is 1. The molecule has 1 aromatic rings. The number of aromatic hydroxyl groups is 1. The fourth-order valence-electron chi connectivity index (χ4n) is 12.8. The zero-order valence-corrected chi connectivity index (χ0v) is 29.2. The first-order valence-electron chi connectivity index (χ1n) is 17.7. The van der Waals surface area contributed by atoms with E-state index in [4.69, 9.17) is 9.47 Å². The lowest BCUT2D eigenvalue weighted by Crippen LogP contribution is -2.67. The summed E-state index contributed by atoms with van der Waals surface area (Å²) in [6, 6.07) is 5.00. The van der Waals surface area contributed by atoms with Gasteiger partial charge in [0.1, 0.15) is 6.10 Å². The highest BCUT2D eigenvalue weighted by Crippen LogP contribution is 2.77. The van der Waals surface area contributed by atoms with Gasteiger partial charge in [0, 0.05) is 11.5 Å². The van der Waals surface area contributed by atoms with E-state index in [-0.39, 0.29) is 45.4 Å². The normalized spacial score (nSPS) is 42.7. The van der Waals surface area contributed by atoms with Gasteiger partial charge in [-0.2, -0.15) is 0 Å². The molecule has 0 aromatic heterocycles. The van der Waals surface area contributed by atoms with Gasteiger partial charge in [-0.05, 0) is 141 Å². The first kappa shape index (κ1) is 33.2. The number of rotatable bonds is 6. The number of methoxy groups -OCH3 is 1. The fraction of sp³-hybridized carbons (Fsp3) is 0.700. The topological polar surface area (TPSA) is 93.1 Å². The second-order valence-electron chi connectivity index (χ2n) is 17.2. The Morgan fingerprint density at radius 1 is 0.913 bits per heavy atom. The number of carbonyl (C=O) groups excluding carboxylic acids is 1. The van der Waals surface area contributed by atoms with Gasteiger partial charge in [0.2, 0.25) is 0 Å². The van der Waals surface area contributed by atoms with Crippen molar-refractivity contribution in [2.24, 2.45) is 56.7 Å². The Hall–Kier alpha value is -2.76. The average Bonchev–Trinajstić information content (AvgIpc) is 3.40. The van der Waals surface area contributed by atoms with Gasteiger partial charge in [-0.3, -0.25) is 4.79 Å². The number of hydrogen-bond acceptors (Lipinski definition) is 5. The van der Waals surface area contributed by atoms with Crippen molar-refractivity contribution in [3.05, 3.63) is 42.0 Å². The van der Waals surface area contributed by atoms with Crippen LogP contribution >= 0.6 is 0 Å². The number of fused-ring (bicyclic) bond motifs is 7. The molecule has 6 rings (SSSR count). The second-order valence-corrected chi connectivity index (χ2v) is 17.2. The molecule has 10 atom stereocenters. The molecule has 0 radical (unpaired) electrons. The van der Waals surface area contributed by atoms with Crippen molar-refractivity contribution < 1.29 is 29.3 Å². The summed E-state index contributed by atoms with van der Waals surface area (Å²) >= 11 is 0. The SMILES string of the molecule is C=C(C)[C@@H]1CC[C@]2(C(=O)O)CC[C@]3(C)C(CCC4[C@@]5(C)CC[C@H](OC(=O)/C=C/c6ccc(O)c(OC)c6)C(C)(C)C5CC[C@]43C)C12. The van der Waals surface area contributed by atoms with Crippen LogP contribution in [0.2, 0.25) is 0 Å². The van der Waals surface area contributed by atoms with Crippen LogP contribution in [0.3, 0.4) is 0 Å². The molecule has 1 aromatic carbocycles. The molecule has 6 nitrogen and oxygen atoms in total. The predicted molar refractivity (Wildman–Crippen MR) is 180 cm³/mol. The number of benzene rings is 1. The van der Waals surface area contributed by atoms with Crippen LogP contribution < -0.4 is 4.74 Å². The van der Waals surface area contributed by atoms with Gasteiger partial charge in [0.25, 0.3) is 0 Å². The smallest absolute Gasteiger partial charge is 0.331 e. The summed E-state index contributed by atoms with van der Waals surface area (Å²) in [5, 5.41) is 20.5. The number of aliphatic carboxylic acids is 1. The van der Waals surface area contributed by atoms with Gasteiger partial charge in [-0.15, -0.1) is 0 Å². The molecule has 0 bridgehead atoms. The van der Waals surface area contributed by atoms with Crippen molar-refractivity contribution in [1.29, 1.82) is 0 Å². The molecule has 6 heteroatoms. The molecule has 5 saturated carbocycles. The molecule has 0 heterocycles. The van der Waals surface area contributed by atoms with E-state index in [9.17, 15) is 19.8 Å². The lowest BCUT2D eigenvalue weighted by atomic mass is 9.32. The summed E-state index contributed by atoms with van der Waals surface area (Å²) in [4.78, 5) is 26.1. The molecule has 5 aliphatic carbocycles. The van der Waals surface area contributed by atoms with Gasteiger partial charge in [0.15, 0.2) is 11.5 Å². The Kier molecular flexibility index (Phi) is 8.04. The average molecular weight is 633 g/mol. The maximum atomic E-state index is 13.1. The minimum atomic E-state index is -0.592. The highest BCUT2D eigenvalue weighted by atomic mass is 16.5. The van der Waals surface area contributed by atoms with Gasteiger partial charge < -0.3 is 19.7 Å². The Morgan fingerprint density at radius 3 is 2.33 bits per heavy atom. The van der Waals surface area contributed by atoms with Crippen LogP contribution in [-0.2, 0) is 14.3 Å². The van der Waals surface area contributed by atoms with Gasteiger partial charge in [0.05, 0.1) is 12.5 Å². The lowest BCUT2D eigenvalue weighted by Gasteiger charge is -2.72. The van der Waals surface area contributed by atoms with Gasteiger partial charge >= 0.3 is 11.9 Å². The van der Waals surface area contributed by atoms with E-state index < -0.39 is 11.4 Å². The Morgan fingerprint density at radius 2 is 1.65 bits per heavy atom. The molecular formula is C40H56O6. The maximum Gasteiger partial charge on any atom is 0.331 e. The highest BCUT2D eigenvalue weighted by molar-refractivity contribution is 5.87. The lowest BCUT2D eigenvalue weighted by molar-refractivity contribution is -0.250. The minimum absolute atomic E-state index is 0.0618. The first-order chi connectivity index (χ1) is 21.5. The van der Waals surface area contributed by atoms with Crippen LogP contribution in [0, 0.1) is 56.7 Å². The van der Waals surface area contributed by atoms with E-state index in [2.05, 4.69) is 48.1 Å². The number of carboxylic acids is 1. The molecule has 46 heavy (non-hydrogen) atoms. The standard InChI is InChI=1S/C40H56O6/c1-24(2)26-15-20-40(35(43)44)22-21-38(6)27(34(26)40)11-13-31-37(5)18-17-32(36(3,4)30(37)16-19-39(31,38)7)46-33(42)14-10-25-9-12-28(41)29(23-25)45-8/h9-10,12,14,23,26-27,30-32,34,41H,1,11,13,15-22H2,2-8H3,(H,43,44)/b14-10+/t26-,27?,30?,31?,32-,34?,37-,38+,39+,40-/m0/s1. The van der Waals surface area contributed by atoms with E-state index in [0.717, 1.165) is 69.8 Å². The van der Waals surface area contributed by atoms with Crippen LogP contribution in [0.25, 0.3) is 6.08 Å². The fourth-order valence-corrected chi connectivity index (χ4v) is 12.8. The minimum Gasteiger partial charge on any atom is -0.504 e. The van der Waals surface area contributed by atoms with Crippen molar-refractivity contribution >= 4 is 18.0 Å². The number of esters is 1. The Labute approximate surface area is 276 Å². The molecule has 0 aliphatic heterocycles. The van der Waals surface area contributed by atoms with Crippen molar-refractivity contribution in [3.63, 3.8) is 0 Å². The van der Waals surface area contributed by atoms with E-state index in [1.54, 1.807) is 24.3 Å². The summed E-state index contributed by atoms with van der Waals surface area (Å²) in [5.74, 6) is 1.42. The maximum absolute atomic E-state index is 13.1. The first-order valence-corrected chi connectivity index (χ1v) is 17.7. The number of carbonyl (C=O) groups is 2. The zero-order chi connectivity index (χ0) is 33.4. The van der Waals surface area contributed by atoms with Crippen LogP contribution in [-0.4, -0.2) is 35.4 Å². The quantitative estimate of drug-likeness (QED) is 0.185. The molecule has 5 fully saturated rings. The Bertz CT molecular complexity index is 1440. The van der Waals surface area contributed by atoms with E-state index >= 15 is 0 Å². The van der Waals surface area contributed by atoms with Gasteiger partial charge in [-0.1, -0.05) is 52.8 Å². The summed E-state index contributed by atoms with van der Waals surface area (Å²) in [6.07, 6.45) is 13.0. The van der Waals surface area contributed by atoms with Crippen molar-refractivity contribution in [2.45, 2.75) is 112 Å². The summed E-state index contributed by atoms with van der Waals surface area (Å²) in [6.45, 7) is 18.8. The van der Waals surface area contributed by atoms with E-state index in [1.165, 1.54) is 18.8 Å². The van der Waals surface area contributed by atoms with Crippen LogP contribution in [0.1, 0.15) is 111 Å². The number of hydrogen-bond donors (Lipinski definition) is 2. The number of ether oxygens (including phenoxy) is 2.